The number of anilines is 2. The van der Waals surface area contributed by atoms with Gasteiger partial charge in [-0.15, -0.1) is 0 Å². The first-order chi connectivity index (χ1) is 11.4. The molecule has 5 nitrogen and oxygen atoms in total. The summed E-state index contributed by atoms with van der Waals surface area (Å²) in [6.45, 7) is 0. The summed E-state index contributed by atoms with van der Waals surface area (Å²) < 4.78 is 39.4. The molecular formula is C16H10F3N3O2. The first-order valence-corrected chi connectivity index (χ1v) is 6.53. The predicted octanol–water partition coefficient (Wildman–Crippen LogP) is 3.27. The van der Waals surface area contributed by atoms with Crippen LogP contribution in [0.2, 0.25) is 0 Å². The second-order valence-corrected chi connectivity index (χ2v) is 4.54. The van der Waals surface area contributed by atoms with Crippen molar-refractivity contribution < 1.29 is 23.1 Å². The Bertz CT molecular complexity index is 843. The molecule has 0 aliphatic carbocycles. The fraction of sp³-hybridized carbons (Fsp3) is 0. The first-order valence-electron chi connectivity index (χ1n) is 6.53. The van der Waals surface area contributed by atoms with Crippen LogP contribution >= 0.6 is 0 Å². The van der Waals surface area contributed by atoms with Crippen LogP contribution in [-0.2, 0) is 4.79 Å². The van der Waals surface area contributed by atoms with Crippen LogP contribution in [0, 0.1) is 28.8 Å². The van der Waals surface area contributed by atoms with E-state index >= 15 is 0 Å². The lowest BCUT2D eigenvalue weighted by Crippen LogP contribution is -2.14. The van der Waals surface area contributed by atoms with E-state index in [0.717, 1.165) is 12.3 Å². The molecule has 0 fully saturated rings. The molecule has 0 aliphatic rings. The van der Waals surface area contributed by atoms with Crippen molar-refractivity contribution in [1.29, 1.82) is 5.26 Å². The lowest BCUT2D eigenvalue weighted by molar-refractivity contribution is -0.112. The number of nitrogens with zero attached hydrogens (tertiary/aromatic N) is 1. The molecule has 0 atom stereocenters. The number of phenols is 1. The van der Waals surface area contributed by atoms with Crippen molar-refractivity contribution in [3.63, 3.8) is 0 Å². The third-order valence-electron chi connectivity index (χ3n) is 2.90. The predicted molar refractivity (Wildman–Crippen MR) is 80.4 cm³/mol. The molecule has 0 aromatic heterocycles. The number of rotatable bonds is 4. The molecular weight excluding hydrogens is 323 g/mol. The van der Waals surface area contributed by atoms with Crippen molar-refractivity contribution in [2.24, 2.45) is 0 Å². The van der Waals surface area contributed by atoms with E-state index in [0.29, 0.717) is 11.8 Å². The molecule has 2 aromatic rings. The largest absolute Gasteiger partial charge is 0.508 e. The molecule has 0 radical (unpaired) electrons. The Kier molecular flexibility index (Phi) is 5.06. The van der Waals surface area contributed by atoms with Gasteiger partial charge in [0.2, 0.25) is 0 Å². The number of hydrogen-bond acceptors (Lipinski definition) is 4. The molecule has 0 unspecified atom stereocenters. The van der Waals surface area contributed by atoms with Crippen LogP contribution in [0.4, 0.5) is 24.5 Å². The molecule has 0 saturated heterocycles. The summed E-state index contributed by atoms with van der Waals surface area (Å²) in [4.78, 5) is 11.9. The fourth-order valence-electron chi connectivity index (χ4n) is 1.68. The van der Waals surface area contributed by atoms with E-state index in [1.807, 2.05) is 0 Å². The molecule has 0 spiro atoms. The summed E-state index contributed by atoms with van der Waals surface area (Å²) in [5.74, 6) is -5.30. The van der Waals surface area contributed by atoms with Gasteiger partial charge in [-0.3, -0.25) is 4.79 Å². The topological polar surface area (TPSA) is 85.2 Å². The average molecular weight is 333 g/mol. The van der Waals surface area contributed by atoms with Crippen LogP contribution in [0.15, 0.2) is 48.2 Å². The van der Waals surface area contributed by atoms with Crippen molar-refractivity contribution in [2.45, 2.75) is 0 Å². The zero-order valence-electron chi connectivity index (χ0n) is 12.0. The lowest BCUT2D eigenvalue weighted by atomic mass is 10.2. The molecule has 2 aromatic carbocycles. The third kappa shape index (κ3) is 3.84. The maximum absolute atomic E-state index is 13.5. The highest BCUT2D eigenvalue weighted by Gasteiger charge is 2.14. The highest BCUT2D eigenvalue weighted by molar-refractivity contribution is 6.06. The van der Waals surface area contributed by atoms with Crippen LogP contribution in [0.25, 0.3) is 0 Å². The first kappa shape index (κ1) is 16.9. The Balaban J connectivity index is 2.14. The number of aromatic hydroxyl groups is 1. The summed E-state index contributed by atoms with van der Waals surface area (Å²) in [6.07, 6.45) is 0.867. The van der Waals surface area contributed by atoms with Gasteiger partial charge in [0.05, 0.1) is 5.69 Å². The van der Waals surface area contributed by atoms with Crippen molar-refractivity contribution in [3.05, 3.63) is 65.6 Å². The number of carbonyl (C=O) groups excluding carboxylic acids is 1. The van der Waals surface area contributed by atoms with E-state index in [9.17, 15) is 18.0 Å². The summed E-state index contributed by atoms with van der Waals surface area (Å²) in [6, 6.07) is 8.71. The number of hydrogen-bond donors (Lipinski definition) is 3. The van der Waals surface area contributed by atoms with Crippen LogP contribution in [0.3, 0.4) is 0 Å². The number of benzene rings is 2. The summed E-state index contributed by atoms with van der Waals surface area (Å²) in [5.41, 5.74) is -0.538. The van der Waals surface area contributed by atoms with E-state index in [1.165, 1.54) is 24.3 Å². The highest BCUT2D eigenvalue weighted by atomic mass is 19.2. The van der Waals surface area contributed by atoms with Gasteiger partial charge in [0.1, 0.15) is 17.4 Å². The van der Waals surface area contributed by atoms with Gasteiger partial charge in [0.25, 0.3) is 5.91 Å². The molecule has 8 heteroatoms. The van der Waals surface area contributed by atoms with Crippen LogP contribution < -0.4 is 10.6 Å². The molecule has 0 aliphatic heterocycles. The number of amides is 1. The number of phenolic OH excluding ortho intramolecular Hbond substituents is 1. The minimum Gasteiger partial charge on any atom is -0.508 e. The molecule has 24 heavy (non-hydrogen) atoms. The Morgan fingerprint density at radius 1 is 1.08 bits per heavy atom. The minimum atomic E-state index is -1.67. The number of carbonyl (C=O) groups is 1. The monoisotopic (exact) mass is 333 g/mol. The fourth-order valence-corrected chi connectivity index (χ4v) is 1.68. The van der Waals surface area contributed by atoms with E-state index in [2.05, 4.69) is 10.6 Å². The molecule has 2 rings (SSSR count). The van der Waals surface area contributed by atoms with Gasteiger partial charge < -0.3 is 15.7 Å². The highest BCUT2D eigenvalue weighted by Crippen LogP contribution is 2.20. The SMILES string of the molecule is N#C/C(=C/Nc1ccc(F)c(F)c1F)C(=O)Nc1ccc(O)cc1. The summed E-state index contributed by atoms with van der Waals surface area (Å²) >= 11 is 0. The quantitative estimate of drug-likeness (QED) is 0.347. The molecule has 1 amide bonds. The lowest BCUT2D eigenvalue weighted by Gasteiger charge is -2.06. The van der Waals surface area contributed by atoms with E-state index < -0.39 is 34.6 Å². The van der Waals surface area contributed by atoms with Crippen molar-refractivity contribution in [2.75, 3.05) is 10.6 Å². The van der Waals surface area contributed by atoms with Gasteiger partial charge in [-0.05, 0) is 36.4 Å². The van der Waals surface area contributed by atoms with Gasteiger partial charge in [0, 0.05) is 11.9 Å². The van der Waals surface area contributed by atoms with Gasteiger partial charge in [0.15, 0.2) is 17.5 Å². The van der Waals surface area contributed by atoms with E-state index in [4.69, 9.17) is 10.4 Å². The zero-order chi connectivity index (χ0) is 17.7. The van der Waals surface area contributed by atoms with Crippen LogP contribution in [0.1, 0.15) is 0 Å². The maximum Gasteiger partial charge on any atom is 0.267 e. The number of nitriles is 1. The summed E-state index contributed by atoms with van der Waals surface area (Å²) in [7, 11) is 0. The standard InChI is InChI=1S/C16H10F3N3O2/c17-12-5-6-13(15(19)14(12)18)21-8-9(7-20)16(24)22-10-1-3-11(23)4-2-10/h1-6,8,21,23H,(H,22,24)/b9-8-. The Morgan fingerprint density at radius 3 is 2.38 bits per heavy atom. The average Bonchev–Trinajstić information content (AvgIpc) is 2.57. The minimum absolute atomic E-state index is 0.000439. The Hall–Kier alpha value is -3.47. The third-order valence-corrected chi connectivity index (χ3v) is 2.90. The maximum atomic E-state index is 13.5. The Morgan fingerprint density at radius 2 is 1.75 bits per heavy atom. The van der Waals surface area contributed by atoms with Gasteiger partial charge in [-0.1, -0.05) is 0 Å². The zero-order valence-corrected chi connectivity index (χ0v) is 12.0. The van der Waals surface area contributed by atoms with Crippen molar-refractivity contribution >= 4 is 17.3 Å². The van der Waals surface area contributed by atoms with Crippen LogP contribution in [-0.4, -0.2) is 11.0 Å². The normalized spacial score (nSPS) is 10.8. The second-order valence-electron chi connectivity index (χ2n) is 4.54. The number of nitrogens with one attached hydrogen (secondary N) is 2. The van der Waals surface area contributed by atoms with Gasteiger partial charge in [-0.25, -0.2) is 13.2 Å². The molecule has 122 valence electrons. The Labute approximate surface area is 134 Å². The van der Waals surface area contributed by atoms with Gasteiger partial charge in [-0.2, -0.15) is 5.26 Å². The van der Waals surface area contributed by atoms with E-state index in [-0.39, 0.29) is 5.75 Å². The van der Waals surface area contributed by atoms with Crippen molar-refractivity contribution in [3.8, 4) is 11.8 Å². The van der Waals surface area contributed by atoms with Crippen molar-refractivity contribution in [1.82, 2.24) is 0 Å². The number of halogens is 3. The molecule has 3 N–H and O–H groups in total. The molecule has 0 heterocycles. The molecule has 0 saturated carbocycles. The van der Waals surface area contributed by atoms with Crippen LogP contribution in [0.5, 0.6) is 5.75 Å². The second kappa shape index (κ2) is 7.19. The molecule has 0 bridgehead atoms. The van der Waals surface area contributed by atoms with Gasteiger partial charge >= 0.3 is 0 Å². The van der Waals surface area contributed by atoms with E-state index in [1.54, 1.807) is 6.07 Å². The smallest absolute Gasteiger partial charge is 0.267 e. The summed E-state index contributed by atoms with van der Waals surface area (Å²) in [5, 5.41) is 22.7.